The molecule has 0 unspecified atom stereocenters. The summed E-state index contributed by atoms with van der Waals surface area (Å²) in [5, 5.41) is 30.6. The Kier molecular flexibility index (Phi) is 14.3. The smallest absolute Gasteiger partial charge is 0.291 e. The zero-order valence-corrected chi connectivity index (χ0v) is 28.0. The molecule has 2 heterocycles. The highest BCUT2D eigenvalue weighted by Crippen LogP contribution is 2.35. The summed E-state index contributed by atoms with van der Waals surface area (Å²) in [5.41, 5.74) is 12.2. The molecule has 5 rings (SSSR count). The number of rotatable bonds is 3. The van der Waals surface area contributed by atoms with Gasteiger partial charge in [-0.05, 0) is 34.1 Å². The molecule has 0 amide bonds. The van der Waals surface area contributed by atoms with E-state index in [2.05, 4.69) is 31.9 Å². The molecule has 0 aliphatic carbocycles. The average molecular weight is 816 g/mol. The van der Waals surface area contributed by atoms with Crippen LogP contribution in [0.2, 0.25) is 15.1 Å². The number of nitro groups is 2. The third-order valence-corrected chi connectivity index (χ3v) is 7.93. The fraction of sp³-hybridized carbons (Fsp3) is 0.192. The number of nitrogen functional groups attached to an aromatic ring is 2. The van der Waals surface area contributed by atoms with Crippen molar-refractivity contribution in [2.24, 2.45) is 0 Å². The number of halogens is 5. The lowest BCUT2D eigenvalue weighted by Gasteiger charge is -2.17. The van der Waals surface area contributed by atoms with Gasteiger partial charge in [-0.2, -0.15) is 0 Å². The molecule has 14 nitrogen and oxygen atoms in total. The van der Waals surface area contributed by atoms with Crippen LogP contribution >= 0.6 is 66.7 Å². The van der Waals surface area contributed by atoms with Gasteiger partial charge in [0.2, 0.25) is 4.69 Å². The molecule has 0 fully saturated rings. The molecule has 0 atom stereocenters. The molecule has 3 aromatic rings. The van der Waals surface area contributed by atoms with Gasteiger partial charge in [0.05, 0.1) is 43.7 Å². The van der Waals surface area contributed by atoms with E-state index in [1.165, 1.54) is 12.1 Å². The van der Waals surface area contributed by atoms with E-state index in [0.717, 1.165) is 17.7 Å². The Morgan fingerprint density at radius 2 is 1.22 bits per heavy atom. The summed E-state index contributed by atoms with van der Waals surface area (Å²) in [6.07, 6.45) is 0.600. The molecule has 19 heteroatoms. The van der Waals surface area contributed by atoms with Crippen LogP contribution in [0.3, 0.4) is 0 Å². The Bertz CT molecular complexity index is 1660. The highest BCUT2D eigenvalue weighted by molar-refractivity contribution is 9.19. The molecule has 0 saturated heterocycles. The van der Waals surface area contributed by atoms with Gasteiger partial charge in [-0.15, -0.1) is 0 Å². The highest BCUT2D eigenvalue weighted by atomic mass is 79.9. The molecule has 2 aliphatic heterocycles. The largest absolute Gasteiger partial charge is 0.506 e. The number of alkyl halides is 1. The molecule has 0 spiro atoms. The van der Waals surface area contributed by atoms with Crippen molar-refractivity contribution in [1.29, 1.82) is 0 Å². The predicted molar refractivity (Wildman–Crippen MR) is 174 cm³/mol. The quantitative estimate of drug-likeness (QED) is 0.0689. The number of hydrogen-bond donors (Lipinski definition) is 3. The highest BCUT2D eigenvalue weighted by Gasteiger charge is 2.23. The van der Waals surface area contributed by atoms with Crippen LogP contribution in [0.4, 0.5) is 22.7 Å². The zero-order valence-electron chi connectivity index (χ0n) is 22.6. The molecule has 0 aromatic heterocycles. The number of hydrogen-bond acceptors (Lipinski definition) is 12. The number of ether oxygens (including phenoxy) is 2. The first-order valence-electron chi connectivity index (χ1n) is 12.0. The van der Waals surface area contributed by atoms with Gasteiger partial charge in [0.25, 0.3) is 11.4 Å². The summed E-state index contributed by atoms with van der Waals surface area (Å²) in [7, 11) is 0. The van der Waals surface area contributed by atoms with Gasteiger partial charge in [-0.25, -0.2) is 0 Å². The minimum absolute atomic E-state index is 0.0162. The Balaban J connectivity index is 0.000000220. The number of nitrogens with two attached hydrogens (primary N) is 2. The zero-order chi connectivity index (χ0) is 34.0. The summed E-state index contributed by atoms with van der Waals surface area (Å²) in [5.74, 6) is 0.694. The molecule has 240 valence electrons. The van der Waals surface area contributed by atoms with Crippen molar-refractivity contribution in [2.75, 3.05) is 30.0 Å². The third-order valence-electron chi connectivity index (χ3n) is 5.46. The van der Waals surface area contributed by atoms with Crippen molar-refractivity contribution in [3.8, 4) is 17.2 Å². The first-order valence-corrected chi connectivity index (χ1v) is 15.1. The lowest BCUT2D eigenvalue weighted by Crippen LogP contribution is -2.20. The molecule has 45 heavy (non-hydrogen) atoms. The molecular weight excluding hydrogens is 794 g/mol. The second-order valence-electron chi connectivity index (χ2n) is 8.77. The Morgan fingerprint density at radius 1 is 0.800 bits per heavy atom. The fourth-order valence-corrected chi connectivity index (χ4v) is 4.11. The molecule has 2 aliphatic rings. The van der Waals surface area contributed by atoms with Crippen LogP contribution in [-0.2, 0) is 27.2 Å². The Hall–Kier alpha value is -3.70. The van der Waals surface area contributed by atoms with E-state index in [1.54, 1.807) is 12.1 Å². The van der Waals surface area contributed by atoms with Gasteiger partial charge >= 0.3 is 0 Å². The summed E-state index contributed by atoms with van der Waals surface area (Å²) in [6.45, 7) is 0.0971. The molecule has 5 N–H and O–H groups in total. The van der Waals surface area contributed by atoms with Gasteiger partial charge in [0, 0.05) is 30.0 Å². The van der Waals surface area contributed by atoms with Crippen LogP contribution in [0.25, 0.3) is 0 Å². The maximum absolute atomic E-state index is 11.1. The number of Topliss-reactive ketones (excluding diaryl/α,β-unsaturated/α-hetero) is 2. The third kappa shape index (κ3) is 11.3. The fourth-order valence-electron chi connectivity index (χ4n) is 3.43. The van der Waals surface area contributed by atoms with E-state index in [-0.39, 0.29) is 68.8 Å². The summed E-state index contributed by atoms with van der Waals surface area (Å²) < 4.78 is 10.2. The number of aromatic hydroxyl groups is 1. The number of nitrogens with zero attached hydrogens (tertiary/aromatic N) is 2. The number of anilines is 2. The first-order chi connectivity index (χ1) is 21.0. The van der Waals surface area contributed by atoms with Crippen molar-refractivity contribution >= 4 is 106 Å². The normalized spacial score (nSPS) is 12.6. The van der Waals surface area contributed by atoms with Crippen LogP contribution in [-0.4, -0.2) is 49.8 Å². The van der Waals surface area contributed by atoms with Gasteiger partial charge in [-0.3, -0.25) is 34.6 Å². The van der Waals surface area contributed by atoms with E-state index in [4.69, 9.17) is 60.9 Å². The summed E-state index contributed by atoms with van der Waals surface area (Å²) in [6, 6.07) is 8.05. The van der Waals surface area contributed by atoms with Gasteiger partial charge in [0.15, 0.2) is 11.6 Å². The molecule has 3 aromatic carbocycles. The van der Waals surface area contributed by atoms with Crippen molar-refractivity contribution in [2.45, 2.75) is 12.8 Å². The number of phenolic OH excluding ortho intramolecular Hbond substituents is 1. The molecule has 0 bridgehead atoms. The number of benzene rings is 3. The molecule has 0 saturated carbocycles. The first kappa shape index (κ1) is 37.5. The lowest BCUT2D eigenvalue weighted by molar-refractivity contribution is -0.384. The average Bonchev–Trinajstić information content (AvgIpc) is 2.96. The SMILES string of the molecule is Nc1cc(Cl)c([N+](=O)[O-])cc1O.Nc1cc2c(cc1Cl)CC(=O)CO2.O=C(Br)CBr.O=C1COc2cc([N+](=O)[O-])c(Cl)cc2C1. The van der Waals surface area contributed by atoms with Crippen molar-refractivity contribution in [1.82, 2.24) is 0 Å². The van der Waals surface area contributed by atoms with Crippen LogP contribution in [0, 0.1) is 20.2 Å². The minimum Gasteiger partial charge on any atom is -0.506 e. The lowest BCUT2D eigenvalue weighted by atomic mass is 10.1. The predicted octanol–water partition coefficient (Wildman–Crippen LogP) is 6.02. The van der Waals surface area contributed by atoms with Crippen LogP contribution < -0.4 is 20.9 Å². The summed E-state index contributed by atoms with van der Waals surface area (Å²) >= 11 is 22.6. The second kappa shape index (κ2) is 17.1. The van der Waals surface area contributed by atoms with Crippen molar-refractivity contribution in [3.05, 3.63) is 82.8 Å². The van der Waals surface area contributed by atoms with E-state index in [0.29, 0.717) is 39.5 Å². The second-order valence-corrected chi connectivity index (χ2v) is 11.4. The van der Waals surface area contributed by atoms with Gasteiger partial charge < -0.3 is 26.0 Å². The minimum atomic E-state index is -0.693. The molecule has 0 radical (unpaired) electrons. The van der Waals surface area contributed by atoms with E-state index >= 15 is 0 Å². The van der Waals surface area contributed by atoms with Crippen LogP contribution in [0.1, 0.15) is 11.1 Å². The summed E-state index contributed by atoms with van der Waals surface area (Å²) in [4.78, 5) is 51.3. The van der Waals surface area contributed by atoms with E-state index in [1.807, 2.05) is 0 Å². The van der Waals surface area contributed by atoms with Crippen LogP contribution in [0.15, 0.2) is 36.4 Å². The maximum atomic E-state index is 11.1. The number of carbonyl (C=O) groups is 3. The van der Waals surface area contributed by atoms with Crippen LogP contribution in [0.5, 0.6) is 17.2 Å². The Labute approximate surface area is 286 Å². The van der Waals surface area contributed by atoms with Gasteiger partial charge in [-0.1, -0.05) is 50.7 Å². The number of nitro benzene ring substituents is 2. The van der Waals surface area contributed by atoms with E-state index < -0.39 is 9.85 Å². The number of carbonyl (C=O) groups excluding carboxylic acids is 3. The van der Waals surface area contributed by atoms with Gasteiger partial charge in [0.1, 0.15) is 40.5 Å². The number of ketones is 2. The topological polar surface area (TPSA) is 228 Å². The Morgan fingerprint density at radius 3 is 1.69 bits per heavy atom. The standard InChI is InChI=1S/C9H6ClNO4.C9H8ClNO2.C6H5ClN2O3.C2H2Br2O/c10-7-2-5-1-6(12)4-15-9(5)3-8(7)11(13)14;10-7-2-5-1-6(12)4-13-9(5)3-8(7)11;7-3-1-4(8)6(10)2-5(3)9(11)12;3-1-2(4)5/h2-3H,1,4H2;2-3H,1,4,11H2;1-2,10H,8H2;1H2. The number of phenols is 1. The maximum Gasteiger partial charge on any atom is 0.291 e. The van der Waals surface area contributed by atoms with Crippen molar-refractivity contribution in [3.63, 3.8) is 0 Å². The molecular formula is C26H21Br2Cl3N4O10. The van der Waals surface area contributed by atoms with E-state index in [9.17, 15) is 34.6 Å². The van der Waals surface area contributed by atoms with Crippen molar-refractivity contribution < 1.29 is 38.8 Å². The monoisotopic (exact) mass is 812 g/mol. The number of fused-ring (bicyclic) bond motifs is 2.